The quantitative estimate of drug-likeness (QED) is 0.233. The topological polar surface area (TPSA) is 70.9 Å². The van der Waals surface area contributed by atoms with Gasteiger partial charge < -0.3 is 10.1 Å². The molecule has 0 radical (unpaired) electrons. The fourth-order valence-corrected chi connectivity index (χ4v) is 3.90. The number of benzene rings is 2. The molecule has 2 aromatic heterocycles. The van der Waals surface area contributed by atoms with Gasteiger partial charge in [0.1, 0.15) is 11.0 Å². The van der Waals surface area contributed by atoms with Crippen LogP contribution in [0.2, 0.25) is 5.02 Å². The summed E-state index contributed by atoms with van der Waals surface area (Å²) in [5, 5.41) is 7.34. The first-order valence-corrected chi connectivity index (χ1v) is 15.2. The van der Waals surface area contributed by atoms with Crippen LogP contribution in [0.3, 0.4) is 0 Å². The molecular weight excluding hydrogens is 585 g/mol. The second kappa shape index (κ2) is 20.6. The van der Waals surface area contributed by atoms with Crippen molar-refractivity contribution in [2.24, 2.45) is 5.92 Å². The van der Waals surface area contributed by atoms with Crippen LogP contribution in [0.5, 0.6) is 0 Å². The standard InChI is InChI=1S/C14H6BrClFN3OS.C4H10.C3H8S.2C2H6.CH4O/c15-6-1-2-9(7(16)3-6)20-13-8(19-14(20)21)4-10-12(11(13)17)18-5-22-10;1-4(2)3;1-3-4-2;3*1-2/h1-5H,(H,19,21);4H,1-3H3;3H2,1-2H3;2*1-2H3;2H,1H3. The Morgan fingerprint density at radius 3 is 2.19 bits per heavy atom. The van der Waals surface area contributed by atoms with Crippen LogP contribution in [-0.4, -0.2) is 38.8 Å². The highest BCUT2D eigenvalue weighted by atomic mass is 79.9. The number of H-pyrrole nitrogens is 1. The van der Waals surface area contributed by atoms with Crippen molar-refractivity contribution in [2.75, 3.05) is 19.1 Å². The number of thioether (sulfide) groups is 1. The Kier molecular flexibility index (Phi) is 21.1. The number of imidazole rings is 1. The zero-order valence-corrected chi connectivity index (χ0v) is 26.8. The van der Waals surface area contributed by atoms with Crippen LogP contribution in [0.4, 0.5) is 4.39 Å². The molecule has 36 heavy (non-hydrogen) atoms. The van der Waals surface area contributed by atoms with E-state index in [-0.39, 0.29) is 11.0 Å². The summed E-state index contributed by atoms with van der Waals surface area (Å²) >= 11 is 12.7. The molecule has 10 heteroatoms. The highest BCUT2D eigenvalue weighted by Crippen LogP contribution is 2.31. The minimum absolute atomic E-state index is 0.146. The molecule has 0 spiro atoms. The minimum Gasteiger partial charge on any atom is -0.400 e. The molecule has 2 aromatic carbocycles. The first kappa shape index (κ1) is 36.8. The van der Waals surface area contributed by atoms with E-state index in [0.717, 1.165) is 17.5 Å². The molecule has 0 amide bonds. The maximum absolute atomic E-state index is 14.8. The Morgan fingerprint density at radius 1 is 1.19 bits per heavy atom. The lowest BCUT2D eigenvalue weighted by Crippen LogP contribution is -2.15. The minimum atomic E-state index is -0.536. The second-order valence-electron chi connectivity index (χ2n) is 6.96. The number of nitrogens with one attached hydrogen (secondary N) is 1. The molecule has 2 N–H and O–H groups in total. The van der Waals surface area contributed by atoms with E-state index in [1.165, 1.54) is 21.7 Å². The summed E-state index contributed by atoms with van der Waals surface area (Å²) < 4.78 is 17.5. The highest BCUT2D eigenvalue weighted by Gasteiger charge is 2.19. The summed E-state index contributed by atoms with van der Waals surface area (Å²) in [4.78, 5) is 19.0. The van der Waals surface area contributed by atoms with Crippen molar-refractivity contribution in [3.05, 3.63) is 55.6 Å². The van der Waals surface area contributed by atoms with E-state index in [0.29, 0.717) is 20.9 Å². The number of fused-ring (bicyclic) bond motifs is 2. The van der Waals surface area contributed by atoms with E-state index in [2.05, 4.69) is 59.8 Å². The normalized spacial score (nSPS) is 9.42. The van der Waals surface area contributed by atoms with Crippen LogP contribution in [0.15, 0.2) is 39.0 Å². The molecule has 0 aliphatic rings. The molecule has 0 aliphatic heterocycles. The molecule has 204 valence electrons. The molecule has 2 heterocycles. The number of aliphatic hydroxyl groups excluding tert-OH is 1. The van der Waals surface area contributed by atoms with Crippen molar-refractivity contribution in [1.29, 1.82) is 0 Å². The first-order valence-electron chi connectivity index (χ1n) is 11.8. The van der Waals surface area contributed by atoms with Crippen molar-refractivity contribution < 1.29 is 9.50 Å². The van der Waals surface area contributed by atoms with Gasteiger partial charge in [0.25, 0.3) is 0 Å². The number of thiazole rings is 1. The van der Waals surface area contributed by atoms with Crippen LogP contribution >= 0.6 is 50.6 Å². The SMILES string of the molecule is CC.CC.CC(C)C.CCSC.CO.O=c1[nH]c2cc3scnc3c(F)c2n1-c1ccc(Br)cc1Cl. The zero-order valence-electron chi connectivity index (χ0n) is 22.9. The average molecular weight is 625 g/mol. The molecular formula is C26H40BrClFN3O2S2. The summed E-state index contributed by atoms with van der Waals surface area (Å²) in [6.07, 6.45) is 2.10. The molecule has 0 unspecified atom stereocenters. The predicted octanol–water partition coefficient (Wildman–Crippen LogP) is 9.18. The van der Waals surface area contributed by atoms with Gasteiger partial charge >= 0.3 is 5.69 Å². The molecule has 0 saturated heterocycles. The predicted molar refractivity (Wildman–Crippen MR) is 165 cm³/mol. The number of hydrogen-bond acceptors (Lipinski definition) is 5. The lowest BCUT2D eigenvalue weighted by Gasteiger charge is -2.07. The molecule has 5 nitrogen and oxygen atoms in total. The van der Waals surface area contributed by atoms with Gasteiger partial charge in [0.05, 0.1) is 26.4 Å². The van der Waals surface area contributed by atoms with Crippen molar-refractivity contribution in [2.45, 2.75) is 55.4 Å². The van der Waals surface area contributed by atoms with E-state index < -0.39 is 11.5 Å². The number of halogens is 3. The fourth-order valence-electron chi connectivity index (χ4n) is 2.43. The lowest BCUT2D eigenvalue weighted by atomic mass is 10.2. The van der Waals surface area contributed by atoms with Gasteiger partial charge in [-0.3, -0.25) is 4.57 Å². The number of nitrogens with zero attached hydrogens (tertiary/aromatic N) is 2. The maximum Gasteiger partial charge on any atom is 0.331 e. The Hall–Kier alpha value is -1.39. The van der Waals surface area contributed by atoms with E-state index in [9.17, 15) is 9.18 Å². The lowest BCUT2D eigenvalue weighted by molar-refractivity contribution is 0.399. The van der Waals surface area contributed by atoms with Gasteiger partial charge in [-0.15, -0.1) is 11.3 Å². The van der Waals surface area contributed by atoms with Crippen LogP contribution in [0.25, 0.3) is 26.9 Å². The van der Waals surface area contributed by atoms with E-state index in [1.807, 2.05) is 39.5 Å². The summed E-state index contributed by atoms with van der Waals surface area (Å²) in [6, 6.07) is 6.77. The number of aromatic nitrogens is 3. The van der Waals surface area contributed by atoms with Gasteiger partial charge in [0, 0.05) is 11.6 Å². The Balaban J connectivity index is 0. The van der Waals surface area contributed by atoms with Gasteiger partial charge in [-0.05, 0) is 42.2 Å². The van der Waals surface area contributed by atoms with E-state index >= 15 is 0 Å². The third kappa shape index (κ3) is 10.9. The van der Waals surface area contributed by atoms with Crippen LogP contribution in [0.1, 0.15) is 55.4 Å². The van der Waals surface area contributed by atoms with E-state index in [4.69, 9.17) is 16.7 Å². The zero-order chi connectivity index (χ0) is 28.4. The summed E-state index contributed by atoms with van der Waals surface area (Å²) in [5.41, 5.74) is 2.34. The molecule has 0 atom stereocenters. The number of aliphatic hydroxyl groups is 1. The van der Waals surface area contributed by atoms with Crippen LogP contribution < -0.4 is 5.69 Å². The van der Waals surface area contributed by atoms with Crippen molar-refractivity contribution in [1.82, 2.24) is 14.5 Å². The third-order valence-corrected chi connectivity index (χ3v) is 5.80. The van der Waals surface area contributed by atoms with Gasteiger partial charge in [-0.1, -0.05) is 82.9 Å². The van der Waals surface area contributed by atoms with Crippen molar-refractivity contribution in [3.8, 4) is 5.69 Å². The average Bonchev–Trinajstić information content (AvgIpc) is 3.47. The number of aromatic amines is 1. The van der Waals surface area contributed by atoms with Gasteiger partial charge in [0.2, 0.25) is 0 Å². The summed E-state index contributed by atoms with van der Waals surface area (Å²) in [6.45, 7) is 16.6. The maximum atomic E-state index is 14.8. The van der Waals surface area contributed by atoms with Crippen LogP contribution in [0, 0.1) is 11.7 Å². The number of rotatable bonds is 2. The molecule has 4 aromatic rings. The summed E-state index contributed by atoms with van der Waals surface area (Å²) in [5.74, 6) is 1.53. The molecule has 0 saturated carbocycles. The largest absolute Gasteiger partial charge is 0.400 e. The van der Waals surface area contributed by atoms with Crippen LogP contribution in [-0.2, 0) is 0 Å². The monoisotopic (exact) mass is 623 g/mol. The molecule has 4 rings (SSSR count). The van der Waals surface area contributed by atoms with Crippen molar-refractivity contribution >= 4 is 71.9 Å². The second-order valence-corrected chi connectivity index (χ2v) is 10.3. The molecule has 0 fully saturated rings. The van der Waals surface area contributed by atoms with Gasteiger partial charge in [-0.2, -0.15) is 11.8 Å². The van der Waals surface area contributed by atoms with Crippen molar-refractivity contribution in [3.63, 3.8) is 0 Å². The Labute approximate surface area is 236 Å². The summed E-state index contributed by atoms with van der Waals surface area (Å²) in [7, 11) is 1.00. The molecule has 0 aliphatic carbocycles. The van der Waals surface area contributed by atoms with Gasteiger partial charge in [-0.25, -0.2) is 14.2 Å². The first-order chi connectivity index (χ1) is 17.2. The van der Waals surface area contributed by atoms with E-state index in [1.54, 1.807) is 29.8 Å². The fraction of sp³-hybridized carbons (Fsp3) is 0.462. The Morgan fingerprint density at radius 2 is 1.72 bits per heavy atom. The molecule has 0 bridgehead atoms. The van der Waals surface area contributed by atoms with Gasteiger partial charge in [0.15, 0.2) is 5.82 Å². The highest BCUT2D eigenvalue weighted by molar-refractivity contribution is 9.10. The Bertz CT molecular complexity index is 1190. The smallest absolute Gasteiger partial charge is 0.331 e. The number of hydrogen-bond donors (Lipinski definition) is 2. The third-order valence-electron chi connectivity index (χ3n) is 3.65.